The Morgan fingerprint density at radius 1 is 0.473 bits per heavy atom. The van der Waals surface area contributed by atoms with Gasteiger partial charge in [0, 0.05) is 27.1 Å². The molecule has 0 saturated heterocycles. The molecule has 0 spiro atoms. The molecule has 0 unspecified atom stereocenters. The summed E-state index contributed by atoms with van der Waals surface area (Å²) in [4.78, 5) is 23.3. The van der Waals surface area contributed by atoms with Gasteiger partial charge in [0.15, 0.2) is 11.5 Å². The zero-order valence-electron chi connectivity index (χ0n) is 29.0. The van der Waals surface area contributed by atoms with E-state index in [0.717, 1.165) is 60.7 Å². The second kappa shape index (κ2) is 12.1. The molecular formula is C46H27N7OS. The summed E-state index contributed by atoms with van der Waals surface area (Å²) in [6.45, 7) is 8.06. The van der Waals surface area contributed by atoms with Gasteiger partial charge in [-0.25, -0.2) is 9.05 Å². The highest BCUT2D eigenvalue weighted by atomic mass is 32.2. The van der Waals surface area contributed by atoms with Gasteiger partial charge >= 0.3 is 0 Å². The lowest BCUT2D eigenvalue weighted by Gasteiger charge is -2.33. The van der Waals surface area contributed by atoms with Gasteiger partial charge in [-0.3, -0.25) is 9.13 Å². The summed E-state index contributed by atoms with van der Waals surface area (Å²) in [5.74, 6) is 1.28. The molecule has 11 rings (SSSR count). The van der Waals surface area contributed by atoms with Crippen LogP contribution in [0.25, 0.3) is 71.7 Å². The SMILES string of the molecule is [C-]#[N+]c1ccc(N2c3ccccc3S(=O)c3ccccc32)c(-c2nc(-n3c4ccccc4c4ccccc43)nc(-n3c4ccccc4c4ccccc43)n2)c1. The molecule has 0 radical (unpaired) electrons. The van der Waals surface area contributed by atoms with Crippen LogP contribution in [0, 0.1) is 6.57 Å². The Morgan fingerprint density at radius 2 is 0.891 bits per heavy atom. The van der Waals surface area contributed by atoms with Crippen molar-refractivity contribution in [2.45, 2.75) is 9.79 Å². The van der Waals surface area contributed by atoms with Crippen LogP contribution in [-0.2, 0) is 10.8 Å². The number of para-hydroxylation sites is 6. The molecule has 0 saturated carbocycles. The van der Waals surface area contributed by atoms with Crippen LogP contribution in [0.15, 0.2) is 174 Å². The van der Waals surface area contributed by atoms with E-state index in [1.807, 2.05) is 115 Å². The van der Waals surface area contributed by atoms with Crippen LogP contribution in [0.4, 0.5) is 22.7 Å². The molecule has 1 aliphatic rings. The molecule has 3 aromatic heterocycles. The van der Waals surface area contributed by atoms with Crippen LogP contribution in [0.3, 0.4) is 0 Å². The van der Waals surface area contributed by atoms with Crippen LogP contribution in [-0.4, -0.2) is 28.3 Å². The molecule has 0 fully saturated rings. The Labute approximate surface area is 317 Å². The molecule has 0 bridgehead atoms. The monoisotopic (exact) mass is 725 g/mol. The lowest BCUT2D eigenvalue weighted by molar-refractivity contribution is 0.682. The first-order chi connectivity index (χ1) is 27.2. The summed E-state index contributed by atoms with van der Waals surface area (Å²) in [6.07, 6.45) is 0. The minimum Gasteiger partial charge on any atom is -0.307 e. The quantitative estimate of drug-likeness (QED) is 0.169. The highest BCUT2D eigenvalue weighted by Gasteiger charge is 2.31. The van der Waals surface area contributed by atoms with Crippen LogP contribution >= 0.6 is 0 Å². The largest absolute Gasteiger partial charge is 0.307 e. The van der Waals surface area contributed by atoms with Gasteiger partial charge in [0.25, 0.3) is 0 Å². The Bertz CT molecular complexity index is 3000. The first-order valence-corrected chi connectivity index (χ1v) is 19.0. The van der Waals surface area contributed by atoms with E-state index in [4.69, 9.17) is 21.5 Å². The predicted octanol–water partition coefficient (Wildman–Crippen LogP) is 11.2. The number of aromatic nitrogens is 5. The second-order valence-corrected chi connectivity index (χ2v) is 14.8. The number of hydrogen-bond acceptors (Lipinski definition) is 5. The van der Waals surface area contributed by atoms with Crippen LogP contribution in [0.2, 0.25) is 0 Å². The van der Waals surface area contributed by atoms with Crippen molar-refractivity contribution in [1.82, 2.24) is 24.1 Å². The summed E-state index contributed by atoms with van der Waals surface area (Å²) >= 11 is 0. The number of nitrogens with zero attached hydrogens (tertiary/aromatic N) is 7. The van der Waals surface area contributed by atoms with Crippen molar-refractivity contribution < 1.29 is 4.21 Å². The molecule has 7 aromatic carbocycles. The number of benzene rings is 7. The maximum absolute atomic E-state index is 13.9. The molecule has 0 aliphatic carbocycles. The molecular weight excluding hydrogens is 699 g/mol. The van der Waals surface area contributed by atoms with Gasteiger partial charge in [-0.05, 0) is 60.7 Å². The molecule has 10 aromatic rings. The Hall–Kier alpha value is -7.41. The lowest BCUT2D eigenvalue weighted by Crippen LogP contribution is -2.20. The van der Waals surface area contributed by atoms with Crippen molar-refractivity contribution in [1.29, 1.82) is 0 Å². The van der Waals surface area contributed by atoms with Crippen molar-refractivity contribution in [2.75, 3.05) is 4.90 Å². The van der Waals surface area contributed by atoms with Gasteiger partial charge < -0.3 is 4.90 Å². The molecule has 258 valence electrons. The topological polar surface area (TPSA) is 73.2 Å². The zero-order chi connectivity index (χ0) is 36.6. The molecule has 8 nitrogen and oxygen atoms in total. The van der Waals surface area contributed by atoms with Crippen LogP contribution in [0.5, 0.6) is 0 Å². The highest BCUT2D eigenvalue weighted by Crippen LogP contribution is 2.49. The Kier molecular flexibility index (Phi) is 6.83. The highest BCUT2D eigenvalue weighted by molar-refractivity contribution is 7.85. The third-order valence-electron chi connectivity index (χ3n) is 10.4. The molecule has 1 aliphatic heterocycles. The van der Waals surface area contributed by atoms with Crippen molar-refractivity contribution in [2.24, 2.45) is 0 Å². The molecule has 55 heavy (non-hydrogen) atoms. The van der Waals surface area contributed by atoms with Gasteiger partial charge in [-0.2, -0.15) is 15.0 Å². The summed E-state index contributed by atoms with van der Waals surface area (Å²) in [5.41, 5.74) is 7.25. The van der Waals surface area contributed by atoms with E-state index in [1.165, 1.54) is 0 Å². The third kappa shape index (κ3) is 4.62. The standard InChI is InChI=1S/C46H27N7OS/c1-47-29-26-27-39(51-40-22-10-12-24-42(40)55(54)43-25-13-11-23-41(43)51)34(28-29)44-48-45(52-35-18-6-2-14-30(35)31-15-3-7-19-36(31)52)50-46(49-44)53-37-20-8-4-16-32(37)33-17-5-9-21-38(33)53/h2-28H. The number of anilines is 3. The summed E-state index contributed by atoms with van der Waals surface area (Å²) < 4.78 is 18.1. The molecule has 9 heteroatoms. The smallest absolute Gasteiger partial charge is 0.240 e. The minimum atomic E-state index is -1.38. The second-order valence-electron chi connectivity index (χ2n) is 13.4. The maximum atomic E-state index is 13.9. The van der Waals surface area contributed by atoms with Gasteiger partial charge in [0.1, 0.15) is 0 Å². The molecule has 0 N–H and O–H groups in total. The van der Waals surface area contributed by atoms with E-state index in [-0.39, 0.29) is 0 Å². The van der Waals surface area contributed by atoms with Crippen molar-refractivity contribution in [3.63, 3.8) is 0 Å². The first kappa shape index (κ1) is 31.1. The van der Waals surface area contributed by atoms with Crippen LogP contribution < -0.4 is 4.90 Å². The predicted molar refractivity (Wildman–Crippen MR) is 220 cm³/mol. The van der Waals surface area contributed by atoms with Gasteiger partial charge in [-0.1, -0.05) is 103 Å². The third-order valence-corrected chi connectivity index (χ3v) is 11.9. The van der Waals surface area contributed by atoms with Crippen molar-refractivity contribution in [3.8, 4) is 23.3 Å². The fraction of sp³-hybridized carbons (Fsp3) is 0. The van der Waals surface area contributed by atoms with Gasteiger partial charge in [0.2, 0.25) is 11.9 Å². The lowest BCUT2D eigenvalue weighted by atomic mass is 10.1. The molecule has 0 amide bonds. The van der Waals surface area contributed by atoms with E-state index in [2.05, 4.69) is 67.4 Å². The van der Waals surface area contributed by atoms with Gasteiger partial charge in [-0.15, -0.1) is 0 Å². The van der Waals surface area contributed by atoms with Crippen LogP contribution in [0.1, 0.15) is 0 Å². The average Bonchev–Trinajstić information content (AvgIpc) is 3.77. The van der Waals surface area contributed by atoms with E-state index in [0.29, 0.717) is 38.8 Å². The van der Waals surface area contributed by atoms with Crippen molar-refractivity contribution >= 4 is 77.2 Å². The molecule has 0 atom stereocenters. The number of rotatable bonds is 4. The van der Waals surface area contributed by atoms with E-state index in [9.17, 15) is 4.21 Å². The fourth-order valence-electron chi connectivity index (χ4n) is 8.02. The van der Waals surface area contributed by atoms with E-state index in [1.54, 1.807) is 0 Å². The maximum Gasteiger partial charge on any atom is 0.240 e. The number of hydrogen-bond donors (Lipinski definition) is 0. The number of fused-ring (bicyclic) bond motifs is 8. The fourth-order valence-corrected chi connectivity index (χ4v) is 9.36. The summed E-state index contributed by atoms with van der Waals surface area (Å²) in [5, 5.41) is 4.35. The summed E-state index contributed by atoms with van der Waals surface area (Å²) in [6, 6.07) is 54.2. The minimum absolute atomic E-state index is 0.394. The van der Waals surface area contributed by atoms with E-state index >= 15 is 0 Å². The Balaban J connectivity index is 1.26. The normalized spacial score (nSPS) is 12.7. The van der Waals surface area contributed by atoms with Crippen molar-refractivity contribution in [3.05, 3.63) is 175 Å². The molecule has 4 heterocycles. The first-order valence-electron chi connectivity index (χ1n) is 17.8. The van der Waals surface area contributed by atoms with E-state index < -0.39 is 10.8 Å². The Morgan fingerprint density at radius 3 is 1.35 bits per heavy atom. The zero-order valence-corrected chi connectivity index (χ0v) is 29.9. The average molecular weight is 726 g/mol. The van der Waals surface area contributed by atoms with Gasteiger partial charge in [0.05, 0.1) is 66.3 Å². The summed E-state index contributed by atoms with van der Waals surface area (Å²) in [7, 11) is -1.38.